The van der Waals surface area contributed by atoms with Crippen LogP contribution in [0.3, 0.4) is 0 Å². The van der Waals surface area contributed by atoms with Crippen molar-refractivity contribution in [1.82, 2.24) is 10.6 Å². The van der Waals surface area contributed by atoms with Gasteiger partial charge in [-0.25, -0.2) is 9.18 Å². The lowest BCUT2D eigenvalue weighted by Gasteiger charge is -2.15. The second-order valence-corrected chi connectivity index (χ2v) is 6.36. The largest absolute Gasteiger partial charge is 0.494 e. The van der Waals surface area contributed by atoms with Gasteiger partial charge in [-0.2, -0.15) is 0 Å². The summed E-state index contributed by atoms with van der Waals surface area (Å²) >= 11 is 0. The molecule has 0 aromatic heterocycles. The third-order valence-electron chi connectivity index (χ3n) is 4.06. The molecule has 1 unspecified atom stereocenters. The number of amides is 2. The van der Waals surface area contributed by atoms with Crippen LogP contribution in [0.5, 0.6) is 5.75 Å². The molecule has 2 aromatic rings. The number of carboxylic acids is 1. The highest BCUT2D eigenvalue weighted by Gasteiger charge is 2.20. The minimum absolute atomic E-state index is 0.0190. The molecule has 9 heteroatoms. The van der Waals surface area contributed by atoms with E-state index in [1.165, 1.54) is 24.3 Å². The van der Waals surface area contributed by atoms with Gasteiger partial charge in [0.25, 0.3) is 0 Å². The Bertz CT molecular complexity index is 957. The third-order valence-corrected chi connectivity index (χ3v) is 4.06. The smallest absolute Gasteiger partial charge is 0.347 e. The molecule has 1 atom stereocenters. The molecule has 0 aliphatic rings. The fraction of sp³-hybridized carbons (Fsp3) is 0.182. The normalized spacial score (nSPS) is 11.1. The van der Waals surface area contributed by atoms with Gasteiger partial charge in [-0.05, 0) is 61.0 Å². The minimum atomic E-state index is -1.55. The average Bonchev–Trinajstić information content (AvgIpc) is 2.76. The summed E-state index contributed by atoms with van der Waals surface area (Å²) in [7, 11) is 0. The Hall–Kier alpha value is -4.01. The Morgan fingerprint density at radius 1 is 1.00 bits per heavy atom. The van der Waals surface area contributed by atoms with Crippen LogP contribution >= 0.6 is 0 Å². The number of carbonyl (C=O) groups is 4. The number of rotatable bonds is 11. The number of halogens is 1. The summed E-state index contributed by atoms with van der Waals surface area (Å²) in [4.78, 5) is 46.4. The van der Waals surface area contributed by atoms with Crippen molar-refractivity contribution >= 4 is 23.6 Å². The van der Waals surface area contributed by atoms with Gasteiger partial charge in [-0.15, -0.1) is 0 Å². The van der Waals surface area contributed by atoms with E-state index in [1.807, 2.05) is 0 Å². The van der Waals surface area contributed by atoms with Crippen molar-refractivity contribution in [3.05, 3.63) is 78.1 Å². The van der Waals surface area contributed by atoms with Gasteiger partial charge >= 0.3 is 5.97 Å². The zero-order valence-electron chi connectivity index (χ0n) is 16.5. The van der Waals surface area contributed by atoms with E-state index in [9.17, 15) is 23.6 Å². The van der Waals surface area contributed by atoms with Crippen LogP contribution in [0.4, 0.5) is 4.39 Å². The number of hydrogen-bond acceptors (Lipinski definition) is 5. The highest BCUT2D eigenvalue weighted by Crippen LogP contribution is 2.16. The van der Waals surface area contributed by atoms with Crippen molar-refractivity contribution in [3.8, 4) is 5.75 Å². The van der Waals surface area contributed by atoms with E-state index in [1.54, 1.807) is 24.3 Å². The molecule has 0 bridgehead atoms. The summed E-state index contributed by atoms with van der Waals surface area (Å²) in [6.07, 6.45) is -0.377. The number of carbonyl (C=O) groups excluding carboxylic acids is 3. The van der Waals surface area contributed by atoms with Gasteiger partial charge in [0, 0.05) is 17.5 Å². The quantitative estimate of drug-likeness (QED) is 0.218. The van der Waals surface area contributed by atoms with Crippen LogP contribution in [0, 0.1) is 5.82 Å². The van der Waals surface area contributed by atoms with Crippen LogP contribution in [0.2, 0.25) is 0 Å². The van der Waals surface area contributed by atoms with Crippen LogP contribution in [0.1, 0.15) is 28.8 Å². The molecule has 0 fully saturated rings. The molecule has 0 aliphatic carbocycles. The fourth-order valence-electron chi connectivity index (χ4n) is 2.49. The standard InChI is InChI=1S/C22H21FN2O6/c1-2-18(26)24-21(22(29)30)25-19(27)4-3-13-31-17-11-7-15(8-12-17)20(28)14-5-9-16(23)10-6-14/h2,5-12,21H,1,3-4,13H2,(H,24,26)(H,25,27)(H,29,30). The summed E-state index contributed by atoms with van der Waals surface area (Å²) < 4.78 is 18.5. The molecule has 8 nitrogen and oxygen atoms in total. The van der Waals surface area contributed by atoms with Crippen LogP contribution in [0.15, 0.2) is 61.2 Å². The predicted octanol–water partition coefficient (Wildman–Crippen LogP) is 2.04. The highest BCUT2D eigenvalue weighted by atomic mass is 19.1. The Balaban J connectivity index is 1.78. The molecule has 0 saturated heterocycles. The van der Waals surface area contributed by atoms with Gasteiger partial charge in [0.2, 0.25) is 18.0 Å². The van der Waals surface area contributed by atoms with Crippen molar-refractivity contribution in [3.63, 3.8) is 0 Å². The van der Waals surface area contributed by atoms with Crippen molar-refractivity contribution in [1.29, 1.82) is 0 Å². The summed E-state index contributed by atoms with van der Waals surface area (Å²) in [5.74, 6) is -2.89. The number of nitrogens with one attached hydrogen (secondary N) is 2. The fourth-order valence-corrected chi connectivity index (χ4v) is 2.49. The topological polar surface area (TPSA) is 122 Å². The molecule has 31 heavy (non-hydrogen) atoms. The molecule has 2 amide bonds. The summed E-state index contributed by atoms with van der Waals surface area (Å²) in [6.45, 7) is 3.38. The molecule has 0 aliphatic heterocycles. The lowest BCUT2D eigenvalue weighted by atomic mass is 10.0. The molecule has 2 rings (SSSR count). The molecular weight excluding hydrogens is 407 g/mol. The first kappa shape index (κ1) is 23.3. The van der Waals surface area contributed by atoms with Gasteiger partial charge in [0.15, 0.2) is 5.78 Å². The Morgan fingerprint density at radius 2 is 1.58 bits per heavy atom. The third kappa shape index (κ3) is 7.39. The molecule has 0 spiro atoms. The number of ether oxygens (including phenoxy) is 1. The summed E-state index contributed by atoms with van der Waals surface area (Å²) in [5, 5.41) is 13.3. The number of ketones is 1. The lowest BCUT2D eigenvalue weighted by Crippen LogP contribution is -2.52. The number of carboxylic acid groups (broad SMARTS) is 1. The van der Waals surface area contributed by atoms with E-state index in [0.717, 1.165) is 6.08 Å². The van der Waals surface area contributed by atoms with Crippen LogP contribution < -0.4 is 15.4 Å². The van der Waals surface area contributed by atoms with E-state index < -0.39 is 29.8 Å². The molecule has 0 saturated carbocycles. The van der Waals surface area contributed by atoms with Crippen molar-refractivity contribution in [2.24, 2.45) is 0 Å². The molecule has 2 aromatic carbocycles. The summed E-state index contributed by atoms with van der Waals surface area (Å²) in [6, 6.07) is 11.6. The van der Waals surface area contributed by atoms with Crippen LogP contribution in [-0.2, 0) is 14.4 Å². The van der Waals surface area contributed by atoms with E-state index in [-0.39, 0.29) is 18.8 Å². The summed E-state index contributed by atoms with van der Waals surface area (Å²) in [5.41, 5.74) is 0.782. The maximum Gasteiger partial charge on any atom is 0.347 e. The van der Waals surface area contributed by atoms with E-state index in [0.29, 0.717) is 23.3 Å². The second kappa shape index (κ2) is 11.2. The van der Waals surface area contributed by atoms with Gasteiger partial charge in [0.05, 0.1) is 6.61 Å². The van der Waals surface area contributed by atoms with Gasteiger partial charge in [0.1, 0.15) is 11.6 Å². The Kier molecular flexibility index (Phi) is 8.44. The zero-order valence-corrected chi connectivity index (χ0v) is 16.5. The van der Waals surface area contributed by atoms with Gasteiger partial charge in [-0.1, -0.05) is 6.58 Å². The van der Waals surface area contributed by atoms with Crippen LogP contribution in [-0.4, -0.2) is 41.4 Å². The predicted molar refractivity (Wildman–Crippen MR) is 109 cm³/mol. The molecule has 0 heterocycles. The Labute approximate surface area is 177 Å². The maximum atomic E-state index is 13.0. The molecule has 0 radical (unpaired) electrons. The molecular formula is C22H21FN2O6. The maximum absolute atomic E-state index is 13.0. The van der Waals surface area contributed by atoms with Gasteiger partial charge < -0.3 is 20.5 Å². The zero-order chi connectivity index (χ0) is 22.8. The van der Waals surface area contributed by atoms with E-state index in [2.05, 4.69) is 17.2 Å². The Morgan fingerprint density at radius 3 is 2.13 bits per heavy atom. The SMILES string of the molecule is C=CC(=O)NC(NC(=O)CCCOc1ccc(C(=O)c2ccc(F)cc2)cc1)C(=O)O. The van der Waals surface area contributed by atoms with Crippen molar-refractivity contribution < 1.29 is 33.4 Å². The van der Waals surface area contributed by atoms with E-state index in [4.69, 9.17) is 9.84 Å². The molecule has 162 valence electrons. The minimum Gasteiger partial charge on any atom is -0.494 e. The lowest BCUT2D eigenvalue weighted by molar-refractivity contribution is -0.144. The van der Waals surface area contributed by atoms with Crippen molar-refractivity contribution in [2.45, 2.75) is 19.0 Å². The first-order valence-corrected chi connectivity index (χ1v) is 9.28. The molecule has 3 N–H and O–H groups in total. The van der Waals surface area contributed by atoms with Crippen molar-refractivity contribution in [2.75, 3.05) is 6.61 Å². The number of hydrogen-bond donors (Lipinski definition) is 3. The first-order chi connectivity index (χ1) is 14.8. The van der Waals surface area contributed by atoms with Crippen LogP contribution in [0.25, 0.3) is 0 Å². The monoisotopic (exact) mass is 428 g/mol. The average molecular weight is 428 g/mol. The van der Waals surface area contributed by atoms with Gasteiger partial charge in [-0.3, -0.25) is 14.4 Å². The number of benzene rings is 2. The first-order valence-electron chi connectivity index (χ1n) is 9.28. The van der Waals surface area contributed by atoms with E-state index >= 15 is 0 Å². The highest BCUT2D eigenvalue weighted by molar-refractivity contribution is 6.09. The number of aliphatic carboxylic acids is 1. The second-order valence-electron chi connectivity index (χ2n) is 6.36.